The van der Waals surface area contributed by atoms with Crippen LogP contribution >= 0.6 is 0 Å². The quantitative estimate of drug-likeness (QED) is 0.834. The van der Waals surface area contributed by atoms with Crippen LogP contribution in [0, 0.1) is 0 Å². The molecular formula is C19H26N2. The number of aryl methyl sites for hydroxylation is 1. The van der Waals surface area contributed by atoms with Gasteiger partial charge in [0.15, 0.2) is 0 Å². The zero-order chi connectivity index (χ0) is 15.1. The average Bonchev–Trinajstić information content (AvgIpc) is 2.54. The Morgan fingerprint density at radius 2 is 1.62 bits per heavy atom. The zero-order valence-corrected chi connectivity index (χ0v) is 13.4. The molecule has 2 rings (SSSR count). The second kappa shape index (κ2) is 7.84. The summed E-state index contributed by atoms with van der Waals surface area (Å²) in [5.74, 6) is 0. The summed E-state index contributed by atoms with van der Waals surface area (Å²) in [4.78, 5) is 2.32. The molecule has 0 fully saturated rings. The molecular weight excluding hydrogens is 256 g/mol. The van der Waals surface area contributed by atoms with E-state index in [9.17, 15) is 0 Å². The molecule has 0 amide bonds. The van der Waals surface area contributed by atoms with Crippen molar-refractivity contribution in [2.24, 2.45) is 0 Å². The van der Waals surface area contributed by atoms with E-state index in [2.05, 4.69) is 72.7 Å². The standard InChI is InChI=1S/C19H26N2/c1-4-16-9-11-19(12-10-16)21(3)15-18-8-6-5-7-17(18)13-14-20-2/h5-12,20H,4,13-15H2,1-3H3. The summed E-state index contributed by atoms with van der Waals surface area (Å²) in [6.45, 7) is 4.16. The van der Waals surface area contributed by atoms with Gasteiger partial charge in [-0.05, 0) is 55.3 Å². The van der Waals surface area contributed by atoms with E-state index in [1.54, 1.807) is 0 Å². The van der Waals surface area contributed by atoms with E-state index in [1.165, 1.54) is 22.4 Å². The Labute approximate surface area is 128 Å². The highest BCUT2D eigenvalue weighted by atomic mass is 15.1. The maximum Gasteiger partial charge on any atom is 0.0428 e. The van der Waals surface area contributed by atoms with Crippen LogP contribution in [0.25, 0.3) is 0 Å². The molecule has 2 nitrogen and oxygen atoms in total. The van der Waals surface area contributed by atoms with E-state index in [0.717, 1.165) is 25.9 Å². The number of nitrogens with one attached hydrogen (secondary N) is 1. The Bertz CT molecular complexity index is 546. The van der Waals surface area contributed by atoms with Gasteiger partial charge in [0, 0.05) is 19.3 Å². The number of nitrogens with zero attached hydrogens (tertiary/aromatic N) is 1. The van der Waals surface area contributed by atoms with Gasteiger partial charge < -0.3 is 10.2 Å². The minimum absolute atomic E-state index is 0.950. The lowest BCUT2D eigenvalue weighted by molar-refractivity contribution is 0.780. The van der Waals surface area contributed by atoms with Crippen molar-refractivity contribution in [3.63, 3.8) is 0 Å². The number of hydrogen-bond acceptors (Lipinski definition) is 2. The van der Waals surface area contributed by atoms with Crippen molar-refractivity contribution >= 4 is 5.69 Å². The molecule has 0 saturated heterocycles. The monoisotopic (exact) mass is 282 g/mol. The van der Waals surface area contributed by atoms with Crippen molar-refractivity contribution in [3.8, 4) is 0 Å². The van der Waals surface area contributed by atoms with Crippen molar-refractivity contribution in [1.82, 2.24) is 5.32 Å². The lowest BCUT2D eigenvalue weighted by Crippen LogP contribution is -2.18. The van der Waals surface area contributed by atoms with Gasteiger partial charge in [0.1, 0.15) is 0 Å². The molecule has 0 unspecified atom stereocenters. The minimum atomic E-state index is 0.950. The molecule has 0 aliphatic rings. The SMILES string of the molecule is CCc1ccc(N(C)Cc2ccccc2CCNC)cc1. The lowest BCUT2D eigenvalue weighted by atomic mass is 10.0. The Balaban J connectivity index is 2.09. The first-order chi connectivity index (χ1) is 10.2. The van der Waals surface area contributed by atoms with Gasteiger partial charge >= 0.3 is 0 Å². The van der Waals surface area contributed by atoms with Crippen LogP contribution in [0.3, 0.4) is 0 Å². The molecule has 0 aliphatic carbocycles. The van der Waals surface area contributed by atoms with Gasteiger partial charge in [0.2, 0.25) is 0 Å². The molecule has 2 aromatic carbocycles. The topological polar surface area (TPSA) is 15.3 Å². The summed E-state index contributed by atoms with van der Waals surface area (Å²) in [5.41, 5.74) is 5.51. The highest BCUT2D eigenvalue weighted by molar-refractivity contribution is 5.48. The molecule has 0 atom stereocenters. The molecule has 0 aliphatic heterocycles. The predicted molar refractivity (Wildman–Crippen MR) is 92.0 cm³/mol. The Morgan fingerprint density at radius 1 is 0.952 bits per heavy atom. The second-order valence-electron chi connectivity index (χ2n) is 5.50. The average molecular weight is 282 g/mol. The van der Waals surface area contributed by atoms with E-state index in [0.29, 0.717) is 0 Å². The molecule has 0 spiro atoms. The van der Waals surface area contributed by atoms with E-state index in [4.69, 9.17) is 0 Å². The molecule has 21 heavy (non-hydrogen) atoms. The number of benzene rings is 2. The summed E-state index contributed by atoms with van der Waals surface area (Å²) in [7, 11) is 4.17. The molecule has 112 valence electrons. The van der Waals surface area contributed by atoms with Crippen LogP contribution in [0.15, 0.2) is 48.5 Å². The number of hydrogen-bond donors (Lipinski definition) is 1. The normalized spacial score (nSPS) is 10.6. The highest BCUT2D eigenvalue weighted by Crippen LogP contribution is 2.19. The minimum Gasteiger partial charge on any atom is -0.370 e. The molecule has 0 bridgehead atoms. The Kier molecular flexibility index (Phi) is 5.82. The number of likely N-dealkylation sites (N-methyl/N-ethyl adjacent to an activating group) is 1. The van der Waals surface area contributed by atoms with E-state index >= 15 is 0 Å². The molecule has 2 heteroatoms. The van der Waals surface area contributed by atoms with Crippen molar-refractivity contribution in [2.75, 3.05) is 25.5 Å². The van der Waals surface area contributed by atoms with E-state index < -0.39 is 0 Å². The first-order valence-electron chi connectivity index (χ1n) is 7.76. The highest BCUT2D eigenvalue weighted by Gasteiger charge is 2.06. The Morgan fingerprint density at radius 3 is 2.24 bits per heavy atom. The summed E-state index contributed by atoms with van der Waals surface area (Å²) >= 11 is 0. The van der Waals surface area contributed by atoms with Crippen LogP contribution in [-0.4, -0.2) is 20.6 Å². The molecule has 0 radical (unpaired) electrons. The van der Waals surface area contributed by atoms with Crippen molar-refractivity contribution in [3.05, 3.63) is 65.2 Å². The maximum absolute atomic E-state index is 3.23. The molecule has 0 saturated carbocycles. The van der Waals surface area contributed by atoms with E-state index in [-0.39, 0.29) is 0 Å². The summed E-state index contributed by atoms with van der Waals surface area (Å²) < 4.78 is 0. The zero-order valence-electron chi connectivity index (χ0n) is 13.4. The fourth-order valence-corrected chi connectivity index (χ4v) is 2.55. The fourth-order valence-electron chi connectivity index (χ4n) is 2.55. The van der Waals surface area contributed by atoms with Crippen molar-refractivity contribution < 1.29 is 0 Å². The summed E-state index contributed by atoms with van der Waals surface area (Å²) in [6.07, 6.45) is 2.17. The third-order valence-corrected chi connectivity index (χ3v) is 3.96. The van der Waals surface area contributed by atoms with Crippen LogP contribution in [-0.2, 0) is 19.4 Å². The third kappa shape index (κ3) is 4.33. The van der Waals surface area contributed by atoms with Crippen molar-refractivity contribution in [2.45, 2.75) is 26.3 Å². The van der Waals surface area contributed by atoms with Gasteiger partial charge in [-0.1, -0.05) is 43.3 Å². The lowest BCUT2D eigenvalue weighted by Gasteiger charge is -2.21. The molecule has 1 N–H and O–H groups in total. The van der Waals surface area contributed by atoms with Gasteiger partial charge in [-0.15, -0.1) is 0 Å². The smallest absolute Gasteiger partial charge is 0.0428 e. The van der Waals surface area contributed by atoms with Crippen molar-refractivity contribution in [1.29, 1.82) is 0 Å². The van der Waals surface area contributed by atoms with Crippen LogP contribution in [0.5, 0.6) is 0 Å². The Hall–Kier alpha value is -1.80. The van der Waals surface area contributed by atoms with Gasteiger partial charge in [-0.25, -0.2) is 0 Å². The van der Waals surface area contributed by atoms with Gasteiger partial charge in [-0.3, -0.25) is 0 Å². The number of rotatable bonds is 7. The van der Waals surface area contributed by atoms with Crippen LogP contribution in [0.1, 0.15) is 23.6 Å². The molecule has 0 heterocycles. The van der Waals surface area contributed by atoms with Gasteiger partial charge in [0.05, 0.1) is 0 Å². The third-order valence-electron chi connectivity index (χ3n) is 3.96. The molecule has 0 aromatic heterocycles. The second-order valence-corrected chi connectivity index (χ2v) is 5.50. The first-order valence-corrected chi connectivity index (χ1v) is 7.76. The van der Waals surface area contributed by atoms with Gasteiger partial charge in [-0.2, -0.15) is 0 Å². The molecule has 2 aromatic rings. The maximum atomic E-state index is 3.23. The largest absolute Gasteiger partial charge is 0.370 e. The summed E-state index contributed by atoms with van der Waals surface area (Å²) in [6, 6.07) is 17.6. The van der Waals surface area contributed by atoms with Gasteiger partial charge in [0.25, 0.3) is 0 Å². The van der Waals surface area contributed by atoms with Crippen LogP contribution in [0.2, 0.25) is 0 Å². The van der Waals surface area contributed by atoms with Crippen LogP contribution < -0.4 is 10.2 Å². The first kappa shape index (κ1) is 15.6. The predicted octanol–water partition coefficient (Wildman–Crippen LogP) is 3.65. The van der Waals surface area contributed by atoms with E-state index in [1.807, 2.05) is 7.05 Å². The van der Waals surface area contributed by atoms with Crippen LogP contribution in [0.4, 0.5) is 5.69 Å². The number of anilines is 1. The fraction of sp³-hybridized carbons (Fsp3) is 0.368. The summed E-state index contributed by atoms with van der Waals surface area (Å²) in [5, 5.41) is 3.23.